The molecule has 0 radical (unpaired) electrons. The molecule has 21 heavy (non-hydrogen) atoms. The van der Waals surface area contributed by atoms with Gasteiger partial charge in [0.15, 0.2) is 6.61 Å². The summed E-state index contributed by atoms with van der Waals surface area (Å²) in [4.78, 5) is 11.9. The fraction of sp³-hybridized carbons (Fsp3) is 0.235. The third-order valence-electron chi connectivity index (χ3n) is 3.39. The molecular weight excluding hydrogens is 264 g/mol. The molecule has 2 aromatic carbocycles. The molecule has 0 aliphatic carbocycles. The van der Waals surface area contributed by atoms with E-state index in [9.17, 15) is 4.79 Å². The van der Waals surface area contributed by atoms with Gasteiger partial charge in [0.1, 0.15) is 5.75 Å². The molecule has 0 aliphatic rings. The van der Waals surface area contributed by atoms with Crippen molar-refractivity contribution in [2.45, 2.75) is 20.8 Å². The van der Waals surface area contributed by atoms with Gasteiger partial charge in [-0.3, -0.25) is 4.79 Å². The summed E-state index contributed by atoms with van der Waals surface area (Å²) >= 11 is 0. The molecule has 0 saturated carbocycles. The smallest absolute Gasteiger partial charge is 0.262 e. The van der Waals surface area contributed by atoms with E-state index in [-0.39, 0.29) is 12.5 Å². The van der Waals surface area contributed by atoms with Crippen LogP contribution in [0.4, 0.5) is 11.4 Å². The van der Waals surface area contributed by atoms with E-state index in [1.54, 1.807) is 24.3 Å². The number of nitrogen functional groups attached to an aromatic ring is 1. The first-order valence-corrected chi connectivity index (χ1v) is 6.82. The number of hydrogen-bond donors (Lipinski definition) is 2. The zero-order valence-corrected chi connectivity index (χ0v) is 12.6. The molecule has 0 aromatic heterocycles. The molecule has 3 N–H and O–H groups in total. The van der Waals surface area contributed by atoms with E-state index in [0.29, 0.717) is 11.4 Å². The number of hydrogen-bond acceptors (Lipinski definition) is 3. The van der Waals surface area contributed by atoms with Crippen molar-refractivity contribution in [1.82, 2.24) is 0 Å². The van der Waals surface area contributed by atoms with Crippen molar-refractivity contribution < 1.29 is 9.53 Å². The van der Waals surface area contributed by atoms with Gasteiger partial charge in [-0.1, -0.05) is 18.2 Å². The number of amides is 1. The minimum atomic E-state index is -0.207. The number of nitrogens with one attached hydrogen (secondary N) is 1. The molecule has 0 atom stereocenters. The van der Waals surface area contributed by atoms with Gasteiger partial charge in [-0.05, 0) is 55.7 Å². The zero-order chi connectivity index (χ0) is 15.4. The number of rotatable bonds is 4. The van der Waals surface area contributed by atoms with Crippen LogP contribution in [0.3, 0.4) is 0 Å². The first-order chi connectivity index (χ1) is 9.97. The van der Waals surface area contributed by atoms with Crippen LogP contribution in [0.2, 0.25) is 0 Å². The highest BCUT2D eigenvalue weighted by molar-refractivity contribution is 5.92. The van der Waals surface area contributed by atoms with Gasteiger partial charge >= 0.3 is 0 Å². The molecule has 0 saturated heterocycles. The van der Waals surface area contributed by atoms with E-state index in [0.717, 1.165) is 22.4 Å². The second kappa shape index (κ2) is 6.31. The predicted octanol–water partition coefficient (Wildman–Crippen LogP) is 3.21. The van der Waals surface area contributed by atoms with Gasteiger partial charge in [-0.2, -0.15) is 0 Å². The standard InChI is InChI=1S/C17H20N2O2/c1-11-7-8-12(2)17(13(11)3)21-10-16(20)19-15-6-4-5-14(18)9-15/h4-9H,10,18H2,1-3H3,(H,19,20). The zero-order valence-electron chi connectivity index (χ0n) is 12.6. The molecule has 110 valence electrons. The van der Waals surface area contributed by atoms with E-state index >= 15 is 0 Å². The predicted molar refractivity (Wildman–Crippen MR) is 85.6 cm³/mol. The lowest BCUT2D eigenvalue weighted by Crippen LogP contribution is -2.20. The van der Waals surface area contributed by atoms with Crippen LogP contribution >= 0.6 is 0 Å². The van der Waals surface area contributed by atoms with Crippen molar-refractivity contribution >= 4 is 17.3 Å². The average Bonchev–Trinajstić information content (AvgIpc) is 2.43. The Bertz CT molecular complexity index is 666. The number of anilines is 2. The highest BCUT2D eigenvalue weighted by atomic mass is 16.5. The second-order valence-electron chi connectivity index (χ2n) is 5.12. The topological polar surface area (TPSA) is 64.3 Å². The van der Waals surface area contributed by atoms with Crippen LogP contribution in [0.1, 0.15) is 16.7 Å². The Morgan fingerprint density at radius 2 is 1.86 bits per heavy atom. The van der Waals surface area contributed by atoms with Crippen molar-refractivity contribution in [2.24, 2.45) is 0 Å². The SMILES string of the molecule is Cc1ccc(C)c(OCC(=O)Nc2cccc(N)c2)c1C. The molecule has 2 aromatic rings. The first-order valence-electron chi connectivity index (χ1n) is 6.82. The van der Waals surface area contributed by atoms with Crippen molar-refractivity contribution in [3.8, 4) is 5.75 Å². The van der Waals surface area contributed by atoms with Crippen LogP contribution in [0, 0.1) is 20.8 Å². The van der Waals surface area contributed by atoms with Crippen LogP contribution in [-0.4, -0.2) is 12.5 Å². The van der Waals surface area contributed by atoms with Crippen LogP contribution in [0.25, 0.3) is 0 Å². The maximum atomic E-state index is 11.9. The minimum Gasteiger partial charge on any atom is -0.483 e. The molecule has 2 rings (SSSR count). The van der Waals surface area contributed by atoms with Gasteiger partial charge in [0, 0.05) is 11.4 Å². The maximum Gasteiger partial charge on any atom is 0.262 e. The summed E-state index contributed by atoms with van der Waals surface area (Å²) in [6.07, 6.45) is 0. The number of benzene rings is 2. The highest BCUT2D eigenvalue weighted by Crippen LogP contribution is 2.25. The molecule has 0 fully saturated rings. The van der Waals surface area contributed by atoms with Crippen LogP contribution in [0.15, 0.2) is 36.4 Å². The van der Waals surface area contributed by atoms with Crippen LogP contribution in [-0.2, 0) is 4.79 Å². The largest absolute Gasteiger partial charge is 0.483 e. The highest BCUT2D eigenvalue weighted by Gasteiger charge is 2.09. The van der Waals surface area contributed by atoms with Gasteiger partial charge in [0.25, 0.3) is 5.91 Å². The molecule has 0 bridgehead atoms. The lowest BCUT2D eigenvalue weighted by atomic mass is 10.1. The summed E-state index contributed by atoms with van der Waals surface area (Å²) in [5.41, 5.74) is 10.2. The summed E-state index contributed by atoms with van der Waals surface area (Å²) in [7, 11) is 0. The van der Waals surface area contributed by atoms with Crippen molar-refractivity contribution in [3.63, 3.8) is 0 Å². The van der Waals surface area contributed by atoms with Crippen LogP contribution < -0.4 is 15.8 Å². The van der Waals surface area contributed by atoms with Gasteiger partial charge in [-0.15, -0.1) is 0 Å². The fourth-order valence-corrected chi connectivity index (χ4v) is 2.10. The molecule has 0 spiro atoms. The number of carbonyl (C=O) groups excluding carboxylic acids is 1. The number of ether oxygens (including phenoxy) is 1. The quantitative estimate of drug-likeness (QED) is 0.847. The Balaban J connectivity index is 2.00. The minimum absolute atomic E-state index is 0.0278. The van der Waals surface area contributed by atoms with Crippen molar-refractivity contribution in [2.75, 3.05) is 17.7 Å². The lowest BCUT2D eigenvalue weighted by Gasteiger charge is -2.14. The average molecular weight is 284 g/mol. The normalized spacial score (nSPS) is 10.2. The summed E-state index contributed by atoms with van der Waals surface area (Å²) in [5.74, 6) is 0.568. The first kappa shape index (κ1) is 14.9. The van der Waals surface area contributed by atoms with E-state index in [1.807, 2.05) is 32.9 Å². The number of nitrogens with two attached hydrogens (primary N) is 1. The van der Waals surface area contributed by atoms with Gasteiger partial charge in [0.2, 0.25) is 0 Å². The Labute approximate surface area is 124 Å². The molecular formula is C17H20N2O2. The maximum absolute atomic E-state index is 11.9. The summed E-state index contributed by atoms with van der Waals surface area (Å²) in [6, 6.07) is 11.1. The molecule has 0 aliphatic heterocycles. The van der Waals surface area contributed by atoms with Crippen molar-refractivity contribution in [3.05, 3.63) is 53.1 Å². The van der Waals surface area contributed by atoms with E-state index < -0.39 is 0 Å². The fourth-order valence-electron chi connectivity index (χ4n) is 2.10. The summed E-state index contributed by atoms with van der Waals surface area (Å²) in [5, 5.41) is 2.76. The Kier molecular flexibility index (Phi) is 4.48. The van der Waals surface area contributed by atoms with Gasteiger partial charge in [0.05, 0.1) is 0 Å². The number of carbonyl (C=O) groups is 1. The third kappa shape index (κ3) is 3.75. The van der Waals surface area contributed by atoms with Gasteiger partial charge in [-0.25, -0.2) is 0 Å². The van der Waals surface area contributed by atoms with Crippen LogP contribution in [0.5, 0.6) is 5.75 Å². The summed E-state index contributed by atoms with van der Waals surface area (Å²) < 4.78 is 5.67. The van der Waals surface area contributed by atoms with E-state index in [4.69, 9.17) is 10.5 Å². The molecule has 4 nitrogen and oxygen atoms in total. The Hall–Kier alpha value is -2.49. The lowest BCUT2D eigenvalue weighted by molar-refractivity contribution is -0.118. The molecule has 1 amide bonds. The second-order valence-corrected chi connectivity index (χ2v) is 5.12. The summed E-state index contributed by atoms with van der Waals surface area (Å²) in [6.45, 7) is 5.96. The van der Waals surface area contributed by atoms with Crippen molar-refractivity contribution in [1.29, 1.82) is 0 Å². The van der Waals surface area contributed by atoms with E-state index in [2.05, 4.69) is 5.32 Å². The molecule has 0 heterocycles. The van der Waals surface area contributed by atoms with E-state index in [1.165, 1.54) is 0 Å². The Morgan fingerprint density at radius 1 is 1.14 bits per heavy atom. The monoisotopic (exact) mass is 284 g/mol. The van der Waals surface area contributed by atoms with Gasteiger partial charge < -0.3 is 15.8 Å². The third-order valence-corrected chi connectivity index (χ3v) is 3.39. The Morgan fingerprint density at radius 3 is 2.57 bits per heavy atom. The molecule has 0 unspecified atom stereocenters. The molecule has 4 heteroatoms. The number of aryl methyl sites for hydroxylation is 2.